The van der Waals surface area contributed by atoms with Crippen LogP contribution in [-0.2, 0) is 4.74 Å². The first kappa shape index (κ1) is 18.5. The third-order valence-electron chi connectivity index (χ3n) is 4.90. The Morgan fingerprint density at radius 3 is 2.30 bits per heavy atom. The number of ether oxygens (including phenoxy) is 1. The Bertz CT molecular complexity index is 392. The van der Waals surface area contributed by atoms with Crippen molar-refractivity contribution in [1.29, 1.82) is 0 Å². The minimum absolute atomic E-state index is 0.123. The average molecular weight is 327 g/mol. The topological polar surface area (TPSA) is 79.0 Å². The monoisotopic (exact) mass is 327 g/mol. The van der Waals surface area contributed by atoms with Gasteiger partial charge in [-0.1, -0.05) is 0 Å². The number of carbonyl (C=O) groups excluding carboxylic acids is 1. The van der Waals surface area contributed by atoms with Crippen LogP contribution in [0.2, 0.25) is 0 Å². The smallest absolute Gasteiger partial charge is 0.410 e. The van der Waals surface area contributed by atoms with Crippen LogP contribution in [0.3, 0.4) is 0 Å². The zero-order chi connectivity index (χ0) is 17.1. The Morgan fingerprint density at radius 1 is 1.22 bits per heavy atom. The Kier molecular flexibility index (Phi) is 5.92. The number of aliphatic hydroxyl groups excluding tert-OH is 1. The Hall–Kier alpha value is -0.850. The number of piperazine rings is 1. The number of carbonyl (C=O) groups is 1. The Balaban J connectivity index is 1.70. The maximum absolute atomic E-state index is 12.0. The van der Waals surface area contributed by atoms with E-state index in [0.29, 0.717) is 13.1 Å². The quantitative estimate of drug-likeness (QED) is 0.822. The van der Waals surface area contributed by atoms with Gasteiger partial charge in [0.2, 0.25) is 0 Å². The molecule has 1 aliphatic heterocycles. The number of amides is 1. The minimum Gasteiger partial charge on any atom is -0.444 e. The van der Waals surface area contributed by atoms with E-state index in [2.05, 4.69) is 4.90 Å². The summed E-state index contributed by atoms with van der Waals surface area (Å²) >= 11 is 0. The summed E-state index contributed by atoms with van der Waals surface area (Å²) in [7, 11) is 0. The predicted octanol–water partition coefficient (Wildman–Crippen LogP) is 1.56. The van der Waals surface area contributed by atoms with Crippen LogP contribution >= 0.6 is 0 Å². The van der Waals surface area contributed by atoms with Gasteiger partial charge < -0.3 is 20.5 Å². The fraction of sp³-hybridized carbons (Fsp3) is 0.941. The first-order valence-electron chi connectivity index (χ1n) is 8.84. The number of aliphatic hydroxyl groups is 1. The lowest BCUT2D eigenvalue weighted by Crippen LogP contribution is -2.52. The van der Waals surface area contributed by atoms with E-state index in [1.165, 1.54) is 0 Å². The van der Waals surface area contributed by atoms with Crippen molar-refractivity contribution in [3.63, 3.8) is 0 Å². The molecular weight excluding hydrogens is 294 g/mol. The second kappa shape index (κ2) is 7.36. The van der Waals surface area contributed by atoms with Gasteiger partial charge in [0.05, 0.1) is 6.10 Å². The van der Waals surface area contributed by atoms with Crippen LogP contribution in [0.4, 0.5) is 4.79 Å². The first-order chi connectivity index (χ1) is 10.7. The van der Waals surface area contributed by atoms with E-state index < -0.39 is 5.60 Å². The molecule has 1 amide bonds. The van der Waals surface area contributed by atoms with Gasteiger partial charge in [0, 0.05) is 38.3 Å². The molecule has 6 nitrogen and oxygen atoms in total. The molecule has 1 heterocycles. The van der Waals surface area contributed by atoms with Gasteiger partial charge in [-0.15, -0.1) is 0 Å². The summed E-state index contributed by atoms with van der Waals surface area (Å²) in [6, 6.07) is 0. The van der Waals surface area contributed by atoms with Crippen LogP contribution in [0.15, 0.2) is 0 Å². The van der Waals surface area contributed by atoms with Gasteiger partial charge >= 0.3 is 6.09 Å². The molecule has 1 saturated heterocycles. The van der Waals surface area contributed by atoms with Gasteiger partial charge in [-0.3, -0.25) is 4.90 Å². The highest BCUT2D eigenvalue weighted by Crippen LogP contribution is 2.29. The SMILES string of the molecule is CC(C)(C)OC(=O)N1CCN(CCC2(N)CCC(O)CC2)CC1. The molecule has 0 bridgehead atoms. The largest absolute Gasteiger partial charge is 0.444 e. The second-order valence-electron chi connectivity index (χ2n) is 8.15. The zero-order valence-electron chi connectivity index (χ0n) is 14.9. The maximum atomic E-state index is 12.0. The molecule has 23 heavy (non-hydrogen) atoms. The number of hydrogen-bond acceptors (Lipinski definition) is 5. The Morgan fingerprint density at radius 2 is 1.78 bits per heavy atom. The lowest BCUT2D eigenvalue weighted by atomic mass is 9.79. The molecule has 0 aromatic heterocycles. The predicted molar refractivity (Wildman–Crippen MR) is 90.3 cm³/mol. The number of hydrogen-bond donors (Lipinski definition) is 2. The number of nitrogens with zero attached hydrogens (tertiary/aromatic N) is 2. The van der Waals surface area contributed by atoms with Crippen molar-refractivity contribution in [3.05, 3.63) is 0 Å². The van der Waals surface area contributed by atoms with Crippen LogP contribution in [-0.4, -0.2) is 71.0 Å². The van der Waals surface area contributed by atoms with Crippen molar-refractivity contribution in [2.45, 2.75) is 70.1 Å². The van der Waals surface area contributed by atoms with E-state index >= 15 is 0 Å². The first-order valence-corrected chi connectivity index (χ1v) is 8.84. The normalized spacial score (nSPS) is 30.3. The minimum atomic E-state index is -0.439. The van der Waals surface area contributed by atoms with Crippen LogP contribution in [0.5, 0.6) is 0 Å². The van der Waals surface area contributed by atoms with Gasteiger partial charge in [-0.2, -0.15) is 0 Å². The summed E-state index contributed by atoms with van der Waals surface area (Å²) in [4.78, 5) is 16.2. The summed E-state index contributed by atoms with van der Waals surface area (Å²) in [6.07, 6.45) is 4.05. The van der Waals surface area contributed by atoms with Crippen molar-refractivity contribution in [2.75, 3.05) is 32.7 Å². The summed E-state index contributed by atoms with van der Waals surface area (Å²) in [6.45, 7) is 9.82. The van der Waals surface area contributed by atoms with Gasteiger partial charge in [0.1, 0.15) is 5.60 Å². The van der Waals surface area contributed by atoms with Crippen molar-refractivity contribution in [1.82, 2.24) is 9.80 Å². The van der Waals surface area contributed by atoms with Gasteiger partial charge in [-0.25, -0.2) is 4.79 Å². The molecule has 0 atom stereocenters. The summed E-state index contributed by atoms with van der Waals surface area (Å²) in [5.74, 6) is 0. The standard InChI is InChI=1S/C17H33N3O3/c1-16(2,3)23-15(22)20-12-10-19(11-13-20)9-8-17(18)6-4-14(21)5-7-17/h14,21H,4-13,18H2,1-3H3. The van der Waals surface area contributed by atoms with Crippen LogP contribution < -0.4 is 5.73 Å². The van der Waals surface area contributed by atoms with Gasteiger partial charge in [-0.05, 0) is 52.9 Å². The lowest BCUT2D eigenvalue weighted by Gasteiger charge is -2.39. The van der Waals surface area contributed by atoms with Crippen molar-refractivity contribution in [3.8, 4) is 0 Å². The van der Waals surface area contributed by atoms with Crippen molar-refractivity contribution < 1.29 is 14.6 Å². The van der Waals surface area contributed by atoms with E-state index in [1.54, 1.807) is 4.90 Å². The third kappa shape index (κ3) is 5.94. The molecule has 2 aliphatic rings. The molecule has 0 unspecified atom stereocenters. The molecular formula is C17H33N3O3. The second-order valence-corrected chi connectivity index (χ2v) is 8.15. The molecule has 3 N–H and O–H groups in total. The summed E-state index contributed by atoms with van der Waals surface area (Å²) in [5, 5.41) is 9.60. The molecule has 0 aromatic carbocycles. The summed E-state index contributed by atoms with van der Waals surface area (Å²) < 4.78 is 5.42. The molecule has 0 radical (unpaired) electrons. The average Bonchev–Trinajstić information content (AvgIpc) is 2.47. The van der Waals surface area contributed by atoms with Gasteiger partial charge in [0.25, 0.3) is 0 Å². The highest BCUT2D eigenvalue weighted by molar-refractivity contribution is 5.68. The van der Waals surface area contributed by atoms with E-state index in [0.717, 1.165) is 51.7 Å². The summed E-state index contributed by atoms with van der Waals surface area (Å²) in [5.41, 5.74) is 5.90. The van der Waals surface area contributed by atoms with E-state index in [4.69, 9.17) is 10.5 Å². The molecule has 0 aromatic rings. The maximum Gasteiger partial charge on any atom is 0.410 e. The molecule has 6 heteroatoms. The highest BCUT2D eigenvalue weighted by Gasteiger charge is 2.32. The van der Waals surface area contributed by atoms with Crippen molar-refractivity contribution in [2.24, 2.45) is 5.73 Å². The number of nitrogens with two attached hydrogens (primary N) is 1. The molecule has 0 spiro atoms. The molecule has 2 fully saturated rings. The fourth-order valence-electron chi connectivity index (χ4n) is 3.29. The van der Waals surface area contributed by atoms with Gasteiger partial charge in [0.15, 0.2) is 0 Å². The van der Waals surface area contributed by atoms with E-state index in [1.807, 2.05) is 20.8 Å². The van der Waals surface area contributed by atoms with Crippen LogP contribution in [0.1, 0.15) is 52.9 Å². The molecule has 1 aliphatic carbocycles. The molecule has 2 rings (SSSR count). The van der Waals surface area contributed by atoms with Crippen molar-refractivity contribution >= 4 is 6.09 Å². The van der Waals surface area contributed by atoms with E-state index in [9.17, 15) is 9.90 Å². The fourth-order valence-corrected chi connectivity index (χ4v) is 3.29. The highest BCUT2D eigenvalue weighted by atomic mass is 16.6. The molecule has 134 valence electrons. The third-order valence-corrected chi connectivity index (χ3v) is 4.90. The van der Waals surface area contributed by atoms with E-state index in [-0.39, 0.29) is 17.7 Å². The van der Waals surface area contributed by atoms with Crippen LogP contribution in [0.25, 0.3) is 0 Å². The Labute approximate surface area is 139 Å². The zero-order valence-corrected chi connectivity index (χ0v) is 14.9. The number of rotatable bonds is 3. The van der Waals surface area contributed by atoms with Crippen LogP contribution in [0, 0.1) is 0 Å². The lowest BCUT2D eigenvalue weighted by molar-refractivity contribution is 0.0134. The molecule has 1 saturated carbocycles.